The minimum atomic E-state index is 0.415. The largest absolute Gasteiger partial charge is 0.245 e. The standard InChI is InChI=1S/C10H12N2S/c1-7(2)9-5-4-8(6-11)10(12-9)13-3/h4-5,7H,1-3H3. The van der Waals surface area contributed by atoms with Gasteiger partial charge in [-0.1, -0.05) is 13.8 Å². The number of thioether (sulfide) groups is 1. The van der Waals surface area contributed by atoms with Gasteiger partial charge in [-0.25, -0.2) is 4.98 Å². The predicted molar refractivity (Wildman–Crippen MR) is 54.8 cm³/mol. The Morgan fingerprint density at radius 3 is 2.62 bits per heavy atom. The zero-order valence-electron chi connectivity index (χ0n) is 8.03. The van der Waals surface area contributed by atoms with Gasteiger partial charge >= 0.3 is 0 Å². The molecule has 0 aromatic carbocycles. The zero-order chi connectivity index (χ0) is 9.84. The number of nitrogens with zero attached hydrogens (tertiary/aromatic N) is 2. The first-order valence-corrected chi connectivity index (χ1v) is 5.36. The van der Waals surface area contributed by atoms with Gasteiger partial charge in [0, 0.05) is 5.69 Å². The molecule has 0 aliphatic rings. The fourth-order valence-electron chi connectivity index (χ4n) is 1.02. The van der Waals surface area contributed by atoms with Crippen LogP contribution in [-0.4, -0.2) is 11.2 Å². The van der Waals surface area contributed by atoms with Gasteiger partial charge in [0.1, 0.15) is 11.1 Å². The van der Waals surface area contributed by atoms with Crippen LogP contribution in [0.5, 0.6) is 0 Å². The third-order valence-corrected chi connectivity index (χ3v) is 2.49. The highest BCUT2D eigenvalue weighted by molar-refractivity contribution is 7.98. The summed E-state index contributed by atoms with van der Waals surface area (Å²) in [5.74, 6) is 0.415. The zero-order valence-corrected chi connectivity index (χ0v) is 8.85. The van der Waals surface area contributed by atoms with Crippen LogP contribution in [0.25, 0.3) is 0 Å². The van der Waals surface area contributed by atoms with Crippen LogP contribution in [0, 0.1) is 11.3 Å². The van der Waals surface area contributed by atoms with Crippen molar-refractivity contribution in [1.82, 2.24) is 4.98 Å². The summed E-state index contributed by atoms with van der Waals surface area (Å²) in [5.41, 5.74) is 1.71. The lowest BCUT2D eigenvalue weighted by molar-refractivity contribution is 0.802. The van der Waals surface area contributed by atoms with Crippen molar-refractivity contribution in [3.8, 4) is 6.07 Å². The van der Waals surface area contributed by atoms with Crippen molar-refractivity contribution in [3.63, 3.8) is 0 Å². The van der Waals surface area contributed by atoms with Crippen LogP contribution in [0.3, 0.4) is 0 Å². The van der Waals surface area contributed by atoms with Crippen LogP contribution >= 0.6 is 11.8 Å². The molecule has 0 bridgehead atoms. The minimum absolute atomic E-state index is 0.415. The first-order valence-electron chi connectivity index (χ1n) is 4.14. The lowest BCUT2D eigenvalue weighted by Crippen LogP contribution is -1.95. The molecule has 0 saturated carbocycles. The SMILES string of the molecule is CSc1nc(C(C)C)ccc1C#N. The molecule has 3 heteroatoms. The van der Waals surface area contributed by atoms with Crippen LogP contribution < -0.4 is 0 Å². The molecular weight excluding hydrogens is 180 g/mol. The summed E-state index contributed by atoms with van der Waals surface area (Å²) >= 11 is 1.52. The molecule has 0 aliphatic heterocycles. The maximum Gasteiger partial charge on any atom is 0.114 e. The van der Waals surface area contributed by atoms with Gasteiger partial charge in [-0.15, -0.1) is 11.8 Å². The Bertz CT molecular complexity index is 339. The maximum atomic E-state index is 8.78. The Morgan fingerprint density at radius 1 is 1.46 bits per heavy atom. The van der Waals surface area contributed by atoms with Crippen LogP contribution in [0.2, 0.25) is 0 Å². The number of nitriles is 1. The van der Waals surface area contributed by atoms with E-state index in [1.165, 1.54) is 11.8 Å². The van der Waals surface area contributed by atoms with E-state index in [9.17, 15) is 0 Å². The second-order valence-electron chi connectivity index (χ2n) is 3.06. The van der Waals surface area contributed by atoms with Crippen molar-refractivity contribution in [2.24, 2.45) is 0 Å². The summed E-state index contributed by atoms with van der Waals surface area (Å²) in [7, 11) is 0. The van der Waals surface area contributed by atoms with E-state index in [-0.39, 0.29) is 0 Å². The number of aromatic nitrogens is 1. The van der Waals surface area contributed by atoms with E-state index in [0.29, 0.717) is 11.5 Å². The van der Waals surface area contributed by atoms with E-state index in [1.54, 1.807) is 0 Å². The van der Waals surface area contributed by atoms with Gasteiger partial charge in [-0.05, 0) is 24.3 Å². The van der Waals surface area contributed by atoms with Crippen LogP contribution in [0.4, 0.5) is 0 Å². The highest BCUT2D eigenvalue weighted by Crippen LogP contribution is 2.20. The van der Waals surface area contributed by atoms with E-state index >= 15 is 0 Å². The summed E-state index contributed by atoms with van der Waals surface area (Å²) < 4.78 is 0. The maximum absolute atomic E-state index is 8.78. The van der Waals surface area contributed by atoms with Gasteiger partial charge in [0.25, 0.3) is 0 Å². The Balaban J connectivity index is 3.15. The Morgan fingerprint density at radius 2 is 2.15 bits per heavy atom. The van der Waals surface area contributed by atoms with E-state index in [2.05, 4.69) is 24.9 Å². The van der Waals surface area contributed by atoms with Crippen molar-refractivity contribution in [2.45, 2.75) is 24.8 Å². The summed E-state index contributed by atoms with van der Waals surface area (Å²) in [6.45, 7) is 4.19. The second kappa shape index (κ2) is 4.29. The molecule has 0 spiro atoms. The molecule has 1 heterocycles. The quantitative estimate of drug-likeness (QED) is 0.676. The summed E-state index contributed by atoms with van der Waals surface area (Å²) in [4.78, 5) is 4.40. The van der Waals surface area contributed by atoms with E-state index in [4.69, 9.17) is 5.26 Å². The Labute approximate surface area is 83.0 Å². The second-order valence-corrected chi connectivity index (χ2v) is 3.85. The molecule has 0 unspecified atom stereocenters. The lowest BCUT2D eigenvalue weighted by Gasteiger charge is -2.06. The van der Waals surface area contributed by atoms with Crippen molar-refractivity contribution in [1.29, 1.82) is 5.26 Å². The third-order valence-electron chi connectivity index (χ3n) is 1.79. The van der Waals surface area contributed by atoms with Gasteiger partial charge in [0.2, 0.25) is 0 Å². The normalized spacial score (nSPS) is 10.1. The van der Waals surface area contributed by atoms with Crippen LogP contribution in [0.1, 0.15) is 31.0 Å². The first-order chi connectivity index (χ1) is 6.19. The number of hydrogen-bond donors (Lipinski definition) is 0. The monoisotopic (exact) mass is 192 g/mol. The predicted octanol–water partition coefficient (Wildman–Crippen LogP) is 2.80. The van der Waals surface area contributed by atoms with Crippen LogP contribution in [-0.2, 0) is 0 Å². The highest BCUT2D eigenvalue weighted by atomic mass is 32.2. The Kier molecular flexibility index (Phi) is 3.32. The van der Waals surface area contributed by atoms with Crippen molar-refractivity contribution in [2.75, 3.05) is 6.26 Å². The smallest absolute Gasteiger partial charge is 0.114 e. The van der Waals surface area contributed by atoms with E-state index < -0.39 is 0 Å². The molecular formula is C10H12N2S. The molecule has 13 heavy (non-hydrogen) atoms. The molecule has 1 rings (SSSR count). The average molecular weight is 192 g/mol. The molecule has 1 aromatic heterocycles. The van der Waals surface area contributed by atoms with Gasteiger partial charge < -0.3 is 0 Å². The molecule has 0 N–H and O–H groups in total. The molecule has 0 atom stereocenters. The average Bonchev–Trinajstić information content (AvgIpc) is 2.16. The lowest BCUT2D eigenvalue weighted by atomic mass is 10.1. The summed E-state index contributed by atoms with van der Waals surface area (Å²) in [6.07, 6.45) is 1.94. The molecule has 1 aromatic rings. The molecule has 0 amide bonds. The number of hydrogen-bond acceptors (Lipinski definition) is 3. The molecule has 2 nitrogen and oxygen atoms in total. The molecule has 0 radical (unpaired) electrons. The van der Waals surface area contributed by atoms with E-state index in [1.807, 2.05) is 18.4 Å². The van der Waals surface area contributed by atoms with Gasteiger partial charge in [0.15, 0.2) is 0 Å². The van der Waals surface area contributed by atoms with Gasteiger partial charge in [-0.3, -0.25) is 0 Å². The van der Waals surface area contributed by atoms with Crippen LogP contribution in [0.15, 0.2) is 17.2 Å². The first kappa shape index (κ1) is 10.1. The summed E-state index contributed by atoms with van der Waals surface area (Å²) in [5, 5.41) is 9.60. The molecule has 0 fully saturated rings. The molecule has 68 valence electrons. The number of pyridine rings is 1. The van der Waals surface area contributed by atoms with Gasteiger partial charge in [0.05, 0.1) is 5.56 Å². The number of rotatable bonds is 2. The third kappa shape index (κ3) is 2.22. The van der Waals surface area contributed by atoms with Crippen molar-refractivity contribution < 1.29 is 0 Å². The molecule has 0 saturated heterocycles. The Hall–Kier alpha value is -1.01. The summed E-state index contributed by atoms with van der Waals surface area (Å²) in [6, 6.07) is 5.89. The minimum Gasteiger partial charge on any atom is -0.245 e. The topological polar surface area (TPSA) is 36.7 Å². The van der Waals surface area contributed by atoms with Crippen molar-refractivity contribution >= 4 is 11.8 Å². The van der Waals surface area contributed by atoms with Gasteiger partial charge in [-0.2, -0.15) is 5.26 Å². The van der Waals surface area contributed by atoms with E-state index in [0.717, 1.165) is 10.7 Å². The fraction of sp³-hybridized carbons (Fsp3) is 0.400. The van der Waals surface area contributed by atoms with Crippen molar-refractivity contribution in [3.05, 3.63) is 23.4 Å². The molecule has 0 aliphatic carbocycles. The highest BCUT2D eigenvalue weighted by Gasteiger charge is 2.06. The fourth-order valence-corrected chi connectivity index (χ4v) is 1.55.